The first kappa shape index (κ1) is 23.0. The molecule has 172 valence electrons. The van der Waals surface area contributed by atoms with Crippen molar-refractivity contribution in [2.24, 2.45) is 0 Å². The van der Waals surface area contributed by atoms with Gasteiger partial charge < -0.3 is 15.0 Å². The molecular weight excluding hydrogens is 428 g/mol. The van der Waals surface area contributed by atoms with E-state index in [1.165, 1.54) is 6.08 Å². The van der Waals surface area contributed by atoms with Crippen molar-refractivity contribution in [1.82, 2.24) is 0 Å². The van der Waals surface area contributed by atoms with E-state index in [1.54, 1.807) is 11.0 Å². The fourth-order valence-electron chi connectivity index (χ4n) is 3.83. The maximum absolute atomic E-state index is 12.3. The van der Waals surface area contributed by atoms with Crippen LogP contribution >= 0.6 is 0 Å². The second kappa shape index (κ2) is 11.1. The van der Waals surface area contributed by atoms with Crippen molar-refractivity contribution in [3.8, 4) is 0 Å². The summed E-state index contributed by atoms with van der Waals surface area (Å²) >= 11 is 0. The Morgan fingerprint density at radius 1 is 0.941 bits per heavy atom. The van der Waals surface area contributed by atoms with Crippen LogP contribution in [0, 0.1) is 0 Å². The van der Waals surface area contributed by atoms with Gasteiger partial charge in [0.05, 0.1) is 0 Å². The van der Waals surface area contributed by atoms with Gasteiger partial charge >= 0.3 is 5.97 Å². The Morgan fingerprint density at radius 3 is 2.41 bits per heavy atom. The summed E-state index contributed by atoms with van der Waals surface area (Å²) in [6, 6.07) is 24.9. The molecule has 1 aliphatic rings. The number of para-hydroxylation sites is 1. The molecule has 6 heteroatoms. The van der Waals surface area contributed by atoms with Crippen LogP contribution in [0.1, 0.15) is 29.5 Å². The van der Waals surface area contributed by atoms with Gasteiger partial charge in [0.25, 0.3) is 5.91 Å². The van der Waals surface area contributed by atoms with E-state index in [0.717, 1.165) is 35.3 Å². The number of hydrogen-bond donors (Lipinski definition) is 1. The lowest BCUT2D eigenvalue weighted by molar-refractivity contribution is -0.142. The monoisotopic (exact) mass is 454 g/mol. The smallest absolute Gasteiger partial charge is 0.331 e. The van der Waals surface area contributed by atoms with Crippen LogP contribution < -0.4 is 10.2 Å². The van der Waals surface area contributed by atoms with Crippen LogP contribution in [0.4, 0.5) is 11.4 Å². The first-order valence-electron chi connectivity index (χ1n) is 11.3. The van der Waals surface area contributed by atoms with Gasteiger partial charge in [-0.3, -0.25) is 9.59 Å². The standard InChI is InChI=1S/C28H26N2O4/c31-26(29-25-10-5-4-9-23(25)19-22-7-2-1-3-8-22)20-34-28(33)17-14-21-12-15-24(16-13-21)30-18-6-11-27(30)32/h1-5,7-10,12-17H,6,11,18-20H2,(H,29,31). The molecule has 1 aliphatic heterocycles. The first-order chi connectivity index (χ1) is 16.6. The van der Waals surface area contributed by atoms with Gasteiger partial charge in [0.1, 0.15) is 0 Å². The van der Waals surface area contributed by atoms with Crippen molar-refractivity contribution in [3.05, 3.63) is 102 Å². The SMILES string of the molecule is O=C(COC(=O)C=Cc1ccc(N2CCCC2=O)cc1)Nc1ccccc1Cc1ccccc1. The predicted molar refractivity (Wildman–Crippen MR) is 132 cm³/mol. The summed E-state index contributed by atoms with van der Waals surface area (Å²) < 4.78 is 5.08. The number of carbonyl (C=O) groups excluding carboxylic acids is 3. The van der Waals surface area contributed by atoms with Crippen molar-refractivity contribution in [2.45, 2.75) is 19.3 Å². The minimum Gasteiger partial charge on any atom is -0.452 e. The third-order valence-corrected chi connectivity index (χ3v) is 5.56. The quantitative estimate of drug-likeness (QED) is 0.399. The number of anilines is 2. The van der Waals surface area contributed by atoms with Crippen LogP contribution in [0.3, 0.4) is 0 Å². The van der Waals surface area contributed by atoms with E-state index in [4.69, 9.17) is 4.74 Å². The largest absolute Gasteiger partial charge is 0.452 e. The summed E-state index contributed by atoms with van der Waals surface area (Å²) in [5.41, 5.74) is 4.46. The molecule has 1 saturated heterocycles. The van der Waals surface area contributed by atoms with Gasteiger partial charge in [-0.1, -0.05) is 60.7 Å². The van der Waals surface area contributed by atoms with Gasteiger partial charge in [-0.2, -0.15) is 0 Å². The van der Waals surface area contributed by atoms with Gasteiger partial charge in [-0.25, -0.2) is 4.79 Å². The molecule has 34 heavy (non-hydrogen) atoms. The second-order valence-electron chi connectivity index (χ2n) is 8.05. The average Bonchev–Trinajstić information content (AvgIpc) is 3.29. The lowest BCUT2D eigenvalue weighted by Crippen LogP contribution is -2.23. The second-order valence-corrected chi connectivity index (χ2v) is 8.05. The number of benzene rings is 3. The van der Waals surface area contributed by atoms with Gasteiger partial charge in [-0.15, -0.1) is 0 Å². The summed E-state index contributed by atoms with van der Waals surface area (Å²) in [5.74, 6) is -0.874. The summed E-state index contributed by atoms with van der Waals surface area (Å²) in [6.07, 6.45) is 5.04. The fraction of sp³-hybridized carbons (Fsp3) is 0.179. The third kappa shape index (κ3) is 6.19. The highest BCUT2D eigenvalue weighted by Crippen LogP contribution is 2.22. The highest BCUT2D eigenvalue weighted by Gasteiger charge is 2.21. The minimum absolute atomic E-state index is 0.132. The number of nitrogens with one attached hydrogen (secondary N) is 1. The van der Waals surface area contributed by atoms with Gasteiger partial charge in [0, 0.05) is 30.4 Å². The number of carbonyl (C=O) groups is 3. The Balaban J connectivity index is 1.27. The highest BCUT2D eigenvalue weighted by atomic mass is 16.5. The molecule has 0 aromatic heterocycles. The molecule has 6 nitrogen and oxygen atoms in total. The molecule has 1 fully saturated rings. The van der Waals surface area contributed by atoms with E-state index in [9.17, 15) is 14.4 Å². The maximum atomic E-state index is 12.3. The Morgan fingerprint density at radius 2 is 1.68 bits per heavy atom. The molecule has 2 amide bonds. The number of nitrogens with zero attached hydrogens (tertiary/aromatic N) is 1. The molecule has 1 heterocycles. The van der Waals surface area contributed by atoms with Crippen molar-refractivity contribution < 1.29 is 19.1 Å². The summed E-state index contributed by atoms with van der Waals surface area (Å²) in [7, 11) is 0. The number of ether oxygens (including phenoxy) is 1. The van der Waals surface area contributed by atoms with E-state index >= 15 is 0 Å². The van der Waals surface area contributed by atoms with Crippen molar-refractivity contribution in [1.29, 1.82) is 0 Å². The summed E-state index contributed by atoms with van der Waals surface area (Å²) in [4.78, 5) is 38.0. The molecule has 0 saturated carbocycles. The molecule has 0 spiro atoms. The van der Waals surface area contributed by atoms with Crippen molar-refractivity contribution >= 4 is 35.2 Å². The molecule has 0 radical (unpaired) electrons. The first-order valence-corrected chi connectivity index (χ1v) is 11.3. The van der Waals surface area contributed by atoms with Crippen LogP contribution in [0.5, 0.6) is 0 Å². The summed E-state index contributed by atoms with van der Waals surface area (Å²) in [6.45, 7) is 0.359. The van der Waals surface area contributed by atoms with E-state index in [1.807, 2.05) is 78.9 Å². The number of rotatable bonds is 8. The molecule has 3 aromatic carbocycles. The van der Waals surface area contributed by atoms with E-state index in [-0.39, 0.29) is 12.5 Å². The zero-order valence-electron chi connectivity index (χ0n) is 18.8. The Hall–Kier alpha value is -4.19. The molecule has 4 rings (SSSR count). The summed E-state index contributed by atoms with van der Waals surface area (Å²) in [5, 5.41) is 2.82. The number of amides is 2. The predicted octanol–water partition coefficient (Wildman–Crippen LogP) is 4.60. The Bertz CT molecular complexity index is 1190. The van der Waals surface area contributed by atoms with Crippen molar-refractivity contribution in [3.63, 3.8) is 0 Å². The van der Waals surface area contributed by atoms with Crippen LogP contribution in [-0.4, -0.2) is 30.9 Å². The zero-order valence-corrected chi connectivity index (χ0v) is 18.8. The van der Waals surface area contributed by atoms with Crippen LogP contribution in [0.2, 0.25) is 0 Å². The normalized spacial score (nSPS) is 13.3. The molecule has 0 unspecified atom stereocenters. The average molecular weight is 455 g/mol. The Labute approximate surface area is 198 Å². The number of esters is 1. The van der Waals surface area contributed by atoms with Gasteiger partial charge in [0.2, 0.25) is 5.91 Å². The van der Waals surface area contributed by atoms with Crippen LogP contribution in [-0.2, 0) is 25.5 Å². The Kier molecular flexibility index (Phi) is 7.50. The van der Waals surface area contributed by atoms with Gasteiger partial charge in [0.15, 0.2) is 6.61 Å². The van der Waals surface area contributed by atoms with E-state index in [0.29, 0.717) is 18.5 Å². The maximum Gasteiger partial charge on any atom is 0.331 e. The molecule has 1 N–H and O–H groups in total. The van der Waals surface area contributed by atoms with E-state index < -0.39 is 11.9 Å². The molecule has 0 bridgehead atoms. The third-order valence-electron chi connectivity index (χ3n) is 5.56. The fourth-order valence-corrected chi connectivity index (χ4v) is 3.83. The molecule has 3 aromatic rings. The topological polar surface area (TPSA) is 75.7 Å². The van der Waals surface area contributed by atoms with Crippen molar-refractivity contribution in [2.75, 3.05) is 23.4 Å². The van der Waals surface area contributed by atoms with Crippen LogP contribution in [0.15, 0.2) is 84.9 Å². The zero-order chi connectivity index (χ0) is 23.8. The lowest BCUT2D eigenvalue weighted by atomic mass is 10.0. The highest BCUT2D eigenvalue weighted by molar-refractivity contribution is 5.96. The number of hydrogen-bond acceptors (Lipinski definition) is 4. The minimum atomic E-state index is -0.605. The molecule has 0 atom stereocenters. The molecule has 0 aliphatic carbocycles. The van der Waals surface area contributed by atoms with Crippen LogP contribution in [0.25, 0.3) is 6.08 Å². The van der Waals surface area contributed by atoms with Gasteiger partial charge in [-0.05, 0) is 53.8 Å². The van der Waals surface area contributed by atoms with E-state index in [2.05, 4.69) is 5.32 Å². The lowest BCUT2D eigenvalue weighted by Gasteiger charge is -2.15. The molecular formula is C28H26N2O4.